The van der Waals surface area contributed by atoms with Crippen molar-refractivity contribution in [3.63, 3.8) is 0 Å². The number of aryl methyl sites for hydroxylation is 1. The van der Waals surface area contributed by atoms with Crippen molar-refractivity contribution in [2.45, 2.75) is 19.9 Å². The van der Waals surface area contributed by atoms with Gasteiger partial charge in [0.1, 0.15) is 5.82 Å². The van der Waals surface area contributed by atoms with Gasteiger partial charge in [0.25, 0.3) is 0 Å². The minimum Gasteiger partial charge on any atom is -0.478 e. The molecule has 0 amide bonds. The Labute approximate surface area is 126 Å². The summed E-state index contributed by atoms with van der Waals surface area (Å²) in [5.74, 6) is -0.352. The number of pyridine rings is 1. The number of nitrogens with one attached hydrogen (secondary N) is 1. The smallest absolute Gasteiger partial charge is 0.335 e. The molecule has 0 fully saturated rings. The van der Waals surface area contributed by atoms with Crippen molar-refractivity contribution in [3.05, 3.63) is 57.7 Å². The zero-order valence-electron chi connectivity index (χ0n) is 11.1. The van der Waals surface area contributed by atoms with Gasteiger partial charge in [-0.05, 0) is 36.2 Å². The highest BCUT2D eigenvalue weighted by atomic mass is 79.9. The first kappa shape index (κ1) is 14.5. The predicted molar refractivity (Wildman–Crippen MR) is 82.0 cm³/mol. The van der Waals surface area contributed by atoms with E-state index in [-0.39, 0.29) is 5.56 Å². The number of anilines is 1. The number of hydrogen-bond donors (Lipinski definition) is 2. The monoisotopic (exact) mass is 334 g/mol. The third-order valence-electron chi connectivity index (χ3n) is 2.85. The number of nitrogens with zero attached hydrogens (tertiary/aromatic N) is 1. The minimum atomic E-state index is -0.937. The SMILES string of the molecule is CCc1cc(C(=O)O)cc(NCc2cccc(Br)c2)n1. The molecular formula is C15H15BrN2O2. The zero-order chi connectivity index (χ0) is 14.5. The Balaban J connectivity index is 2.16. The number of benzene rings is 1. The number of hydrogen-bond acceptors (Lipinski definition) is 3. The molecule has 0 spiro atoms. The van der Waals surface area contributed by atoms with Gasteiger partial charge >= 0.3 is 5.97 Å². The van der Waals surface area contributed by atoms with E-state index in [0.29, 0.717) is 18.8 Å². The molecule has 0 saturated heterocycles. The lowest BCUT2D eigenvalue weighted by molar-refractivity contribution is 0.0696. The molecule has 0 bridgehead atoms. The third kappa shape index (κ3) is 3.81. The Morgan fingerprint density at radius 3 is 2.80 bits per heavy atom. The summed E-state index contributed by atoms with van der Waals surface area (Å²) in [7, 11) is 0. The molecule has 2 N–H and O–H groups in total. The maximum atomic E-state index is 11.1. The molecule has 2 aromatic rings. The van der Waals surface area contributed by atoms with Crippen molar-refractivity contribution in [2.75, 3.05) is 5.32 Å². The van der Waals surface area contributed by atoms with E-state index in [9.17, 15) is 4.79 Å². The highest BCUT2D eigenvalue weighted by Gasteiger charge is 2.07. The van der Waals surface area contributed by atoms with Crippen molar-refractivity contribution in [1.82, 2.24) is 4.98 Å². The summed E-state index contributed by atoms with van der Waals surface area (Å²) in [6, 6.07) is 11.1. The Bertz CT molecular complexity index is 629. The molecule has 5 heteroatoms. The fourth-order valence-corrected chi connectivity index (χ4v) is 2.27. The highest BCUT2D eigenvalue weighted by Crippen LogP contribution is 2.15. The number of aromatic carboxylic acids is 1. The molecule has 0 saturated carbocycles. The summed E-state index contributed by atoms with van der Waals surface area (Å²) in [6.45, 7) is 2.55. The van der Waals surface area contributed by atoms with Crippen molar-refractivity contribution in [2.24, 2.45) is 0 Å². The summed E-state index contributed by atoms with van der Waals surface area (Å²) in [5.41, 5.74) is 2.12. The van der Waals surface area contributed by atoms with Crippen LogP contribution in [0.2, 0.25) is 0 Å². The van der Waals surface area contributed by atoms with E-state index in [1.165, 1.54) is 0 Å². The van der Waals surface area contributed by atoms with Gasteiger partial charge in [0.15, 0.2) is 0 Å². The number of carboxylic acids is 1. The standard InChI is InChI=1S/C15H15BrN2O2/c1-2-13-7-11(15(19)20)8-14(18-13)17-9-10-4-3-5-12(16)6-10/h3-8H,2,9H2,1H3,(H,17,18)(H,19,20). The van der Waals surface area contributed by atoms with Crippen LogP contribution >= 0.6 is 15.9 Å². The average molecular weight is 335 g/mol. The Morgan fingerprint density at radius 1 is 1.35 bits per heavy atom. The summed E-state index contributed by atoms with van der Waals surface area (Å²) < 4.78 is 1.01. The average Bonchev–Trinajstić information content (AvgIpc) is 2.45. The highest BCUT2D eigenvalue weighted by molar-refractivity contribution is 9.10. The molecule has 1 heterocycles. The lowest BCUT2D eigenvalue weighted by Crippen LogP contribution is -2.06. The van der Waals surface area contributed by atoms with E-state index < -0.39 is 5.97 Å². The third-order valence-corrected chi connectivity index (χ3v) is 3.34. The molecule has 0 unspecified atom stereocenters. The fraction of sp³-hybridized carbons (Fsp3) is 0.200. The number of rotatable bonds is 5. The molecular weight excluding hydrogens is 320 g/mol. The van der Waals surface area contributed by atoms with Crippen molar-refractivity contribution >= 4 is 27.7 Å². The number of halogens is 1. The largest absolute Gasteiger partial charge is 0.478 e. The van der Waals surface area contributed by atoms with Gasteiger partial charge in [0.05, 0.1) is 5.56 Å². The van der Waals surface area contributed by atoms with Crippen LogP contribution in [-0.2, 0) is 13.0 Å². The van der Waals surface area contributed by atoms with Crippen LogP contribution in [0.15, 0.2) is 40.9 Å². The molecule has 0 aliphatic carbocycles. The van der Waals surface area contributed by atoms with E-state index in [0.717, 1.165) is 15.7 Å². The topological polar surface area (TPSA) is 62.2 Å². The first-order chi connectivity index (χ1) is 9.58. The van der Waals surface area contributed by atoms with Gasteiger partial charge in [-0.15, -0.1) is 0 Å². The van der Waals surface area contributed by atoms with Gasteiger partial charge in [-0.1, -0.05) is 35.0 Å². The molecule has 1 aromatic heterocycles. The maximum Gasteiger partial charge on any atom is 0.335 e. The Morgan fingerprint density at radius 2 is 2.15 bits per heavy atom. The second-order valence-electron chi connectivity index (χ2n) is 4.37. The minimum absolute atomic E-state index is 0.258. The number of carbonyl (C=O) groups is 1. The van der Waals surface area contributed by atoms with Crippen molar-refractivity contribution in [1.29, 1.82) is 0 Å². The van der Waals surface area contributed by atoms with E-state index >= 15 is 0 Å². The van der Waals surface area contributed by atoms with Crippen LogP contribution in [0.3, 0.4) is 0 Å². The second kappa shape index (κ2) is 6.52. The van der Waals surface area contributed by atoms with E-state index in [4.69, 9.17) is 5.11 Å². The number of carboxylic acid groups (broad SMARTS) is 1. The molecule has 0 radical (unpaired) electrons. The van der Waals surface area contributed by atoms with Crippen LogP contribution in [0.5, 0.6) is 0 Å². The van der Waals surface area contributed by atoms with Crippen LogP contribution in [0.1, 0.15) is 28.5 Å². The molecule has 4 nitrogen and oxygen atoms in total. The molecule has 104 valence electrons. The molecule has 2 rings (SSSR count). The quantitative estimate of drug-likeness (QED) is 0.874. The first-order valence-corrected chi connectivity index (χ1v) is 7.10. The molecule has 0 aliphatic heterocycles. The van der Waals surface area contributed by atoms with Gasteiger partial charge in [-0.3, -0.25) is 0 Å². The molecule has 0 aliphatic rings. The van der Waals surface area contributed by atoms with Crippen LogP contribution in [0.4, 0.5) is 5.82 Å². The van der Waals surface area contributed by atoms with E-state index in [1.54, 1.807) is 12.1 Å². The summed E-state index contributed by atoms with van der Waals surface area (Å²) in [6.07, 6.45) is 0.701. The van der Waals surface area contributed by atoms with Gasteiger partial charge in [-0.25, -0.2) is 9.78 Å². The summed E-state index contributed by atoms with van der Waals surface area (Å²) in [5, 5.41) is 12.3. The maximum absolute atomic E-state index is 11.1. The Hall–Kier alpha value is -1.88. The van der Waals surface area contributed by atoms with E-state index in [1.807, 2.05) is 31.2 Å². The molecule has 0 atom stereocenters. The fourth-order valence-electron chi connectivity index (χ4n) is 1.82. The predicted octanol–water partition coefficient (Wildman–Crippen LogP) is 3.72. The first-order valence-electron chi connectivity index (χ1n) is 6.31. The van der Waals surface area contributed by atoms with E-state index in [2.05, 4.69) is 26.2 Å². The van der Waals surface area contributed by atoms with Gasteiger partial charge in [-0.2, -0.15) is 0 Å². The van der Waals surface area contributed by atoms with Crippen LogP contribution < -0.4 is 5.32 Å². The van der Waals surface area contributed by atoms with Crippen LogP contribution in [0.25, 0.3) is 0 Å². The normalized spacial score (nSPS) is 10.3. The lowest BCUT2D eigenvalue weighted by Gasteiger charge is -2.09. The van der Waals surface area contributed by atoms with Crippen LogP contribution in [-0.4, -0.2) is 16.1 Å². The number of aromatic nitrogens is 1. The van der Waals surface area contributed by atoms with Crippen molar-refractivity contribution < 1.29 is 9.90 Å². The lowest BCUT2D eigenvalue weighted by atomic mass is 10.2. The summed E-state index contributed by atoms with van der Waals surface area (Å²) >= 11 is 3.42. The van der Waals surface area contributed by atoms with Gasteiger partial charge < -0.3 is 10.4 Å². The molecule has 20 heavy (non-hydrogen) atoms. The van der Waals surface area contributed by atoms with Gasteiger partial charge in [0, 0.05) is 16.7 Å². The summed E-state index contributed by atoms with van der Waals surface area (Å²) in [4.78, 5) is 15.5. The van der Waals surface area contributed by atoms with Crippen LogP contribution in [0, 0.1) is 0 Å². The Kier molecular flexibility index (Phi) is 4.74. The molecule has 1 aromatic carbocycles. The van der Waals surface area contributed by atoms with Crippen molar-refractivity contribution in [3.8, 4) is 0 Å². The van der Waals surface area contributed by atoms with Gasteiger partial charge in [0.2, 0.25) is 0 Å². The second-order valence-corrected chi connectivity index (χ2v) is 5.29. The zero-order valence-corrected chi connectivity index (χ0v) is 12.6.